The first-order valence-electron chi connectivity index (χ1n) is 5.09. The smallest absolute Gasteiger partial charge is 0.188 e. The highest BCUT2D eigenvalue weighted by Gasteiger charge is 2.02. The highest BCUT2D eigenvalue weighted by Crippen LogP contribution is 2.27. The molecule has 2 nitrogen and oxygen atoms in total. The summed E-state index contributed by atoms with van der Waals surface area (Å²) in [6.07, 6.45) is 0. The molecule has 0 unspecified atom stereocenters. The van der Waals surface area contributed by atoms with E-state index < -0.39 is 0 Å². The molecule has 0 fully saturated rings. The summed E-state index contributed by atoms with van der Waals surface area (Å²) in [5, 5.41) is 4.24. The van der Waals surface area contributed by atoms with E-state index in [1.54, 1.807) is 11.3 Å². The number of hydrogen-bond acceptors (Lipinski definition) is 3. The molecule has 1 heterocycles. The Balaban J connectivity index is 0.00000108. The van der Waals surface area contributed by atoms with Gasteiger partial charge in [0.25, 0.3) is 0 Å². The largest absolute Gasteiger partial charge is 0.332 e. The van der Waals surface area contributed by atoms with E-state index >= 15 is 0 Å². The first-order valence-corrected chi connectivity index (χ1v) is 5.91. The van der Waals surface area contributed by atoms with Crippen molar-refractivity contribution < 1.29 is 0 Å². The average molecular weight is 307 g/mol. The van der Waals surface area contributed by atoms with Crippen LogP contribution in [0.3, 0.4) is 0 Å². The van der Waals surface area contributed by atoms with Crippen LogP contribution in [0, 0.1) is 0 Å². The molecule has 0 radical (unpaired) electrons. The predicted octanol–water partition coefficient (Wildman–Crippen LogP) is 4.62. The number of nitrogens with one attached hydrogen (secondary N) is 1. The fraction of sp³-hybridized carbons (Fsp3) is 0. The van der Waals surface area contributed by atoms with Crippen LogP contribution in [-0.2, 0) is 0 Å². The van der Waals surface area contributed by atoms with Crippen molar-refractivity contribution >= 4 is 49.4 Å². The summed E-state index contributed by atoms with van der Waals surface area (Å²) in [4.78, 5) is 4.52. The van der Waals surface area contributed by atoms with Crippen LogP contribution in [0.4, 0.5) is 10.8 Å². The first-order chi connectivity index (χ1) is 7.92. The minimum Gasteiger partial charge on any atom is -0.332 e. The number of fused-ring (bicyclic) bond motifs is 1. The summed E-state index contributed by atoms with van der Waals surface area (Å²) in [6, 6.07) is 18.2. The van der Waals surface area contributed by atoms with Crippen LogP contribution >= 0.6 is 28.3 Å². The Bertz CT molecular complexity index is 574. The molecular weight excluding hydrogens is 296 g/mol. The fourth-order valence-electron chi connectivity index (χ4n) is 1.57. The molecule has 4 heteroatoms. The van der Waals surface area contributed by atoms with Gasteiger partial charge in [-0.15, -0.1) is 17.0 Å². The molecule has 1 aromatic heterocycles. The van der Waals surface area contributed by atoms with Gasteiger partial charge in [-0.25, -0.2) is 4.98 Å². The molecule has 0 amide bonds. The number of benzene rings is 2. The van der Waals surface area contributed by atoms with Gasteiger partial charge < -0.3 is 5.32 Å². The molecule has 0 aliphatic rings. The molecule has 2 aromatic carbocycles. The zero-order valence-electron chi connectivity index (χ0n) is 8.96. The molecule has 3 aromatic rings. The van der Waals surface area contributed by atoms with Gasteiger partial charge in [0.15, 0.2) is 5.13 Å². The van der Waals surface area contributed by atoms with E-state index in [2.05, 4.69) is 16.4 Å². The molecule has 0 saturated carbocycles. The van der Waals surface area contributed by atoms with Crippen molar-refractivity contribution in [2.45, 2.75) is 0 Å². The highest BCUT2D eigenvalue weighted by atomic mass is 79.9. The summed E-state index contributed by atoms with van der Waals surface area (Å²) < 4.78 is 1.21. The van der Waals surface area contributed by atoms with E-state index in [0.717, 1.165) is 16.3 Å². The zero-order chi connectivity index (χ0) is 10.8. The van der Waals surface area contributed by atoms with Crippen molar-refractivity contribution in [1.82, 2.24) is 4.98 Å². The van der Waals surface area contributed by atoms with Crippen LogP contribution in [0.15, 0.2) is 54.6 Å². The summed E-state index contributed by atoms with van der Waals surface area (Å²) in [6.45, 7) is 0. The van der Waals surface area contributed by atoms with E-state index in [1.165, 1.54) is 4.70 Å². The van der Waals surface area contributed by atoms with Gasteiger partial charge in [-0.3, -0.25) is 0 Å². The molecule has 3 rings (SSSR count). The second kappa shape index (κ2) is 5.29. The van der Waals surface area contributed by atoms with Crippen LogP contribution in [0.1, 0.15) is 0 Å². The molecule has 86 valence electrons. The minimum atomic E-state index is 0. The monoisotopic (exact) mass is 306 g/mol. The Hall–Kier alpha value is -1.39. The number of anilines is 2. The van der Waals surface area contributed by atoms with Gasteiger partial charge in [0.05, 0.1) is 10.2 Å². The Morgan fingerprint density at radius 2 is 1.59 bits per heavy atom. The van der Waals surface area contributed by atoms with Gasteiger partial charge >= 0.3 is 0 Å². The van der Waals surface area contributed by atoms with E-state index in [9.17, 15) is 0 Å². The lowest BCUT2D eigenvalue weighted by Crippen LogP contribution is -1.87. The topological polar surface area (TPSA) is 24.9 Å². The molecule has 0 aliphatic carbocycles. The van der Waals surface area contributed by atoms with Gasteiger partial charge in [0.2, 0.25) is 0 Å². The third-order valence-corrected chi connectivity index (χ3v) is 3.27. The Morgan fingerprint density at radius 3 is 2.35 bits per heavy atom. The second-order valence-corrected chi connectivity index (χ2v) is 4.51. The summed E-state index contributed by atoms with van der Waals surface area (Å²) in [5.74, 6) is 0. The van der Waals surface area contributed by atoms with Crippen LogP contribution in [0.25, 0.3) is 10.2 Å². The third-order valence-electron chi connectivity index (χ3n) is 2.32. The Kier molecular flexibility index (Phi) is 3.76. The van der Waals surface area contributed by atoms with E-state index in [4.69, 9.17) is 0 Å². The normalized spacial score (nSPS) is 9.88. The summed E-state index contributed by atoms with van der Waals surface area (Å²) in [5.41, 5.74) is 2.12. The van der Waals surface area contributed by atoms with Crippen molar-refractivity contribution in [3.63, 3.8) is 0 Å². The Labute approximate surface area is 114 Å². The van der Waals surface area contributed by atoms with Crippen LogP contribution in [0.5, 0.6) is 0 Å². The number of thiazole rings is 1. The number of hydrogen-bond donors (Lipinski definition) is 1. The standard InChI is InChI=1S/C13H10N2S.BrH/c1-2-6-10(7-3-1)14-13-15-11-8-4-5-9-12(11)16-13;/h1-9H,(H,14,15);1H. The molecule has 1 N–H and O–H groups in total. The van der Waals surface area contributed by atoms with Crippen LogP contribution in [0.2, 0.25) is 0 Å². The number of rotatable bonds is 2. The zero-order valence-corrected chi connectivity index (χ0v) is 11.5. The molecule has 0 aliphatic heterocycles. The van der Waals surface area contributed by atoms with Crippen LogP contribution < -0.4 is 5.32 Å². The maximum atomic E-state index is 4.52. The quantitative estimate of drug-likeness (QED) is 0.747. The number of para-hydroxylation sites is 2. The molecule has 0 spiro atoms. The molecule has 17 heavy (non-hydrogen) atoms. The lowest BCUT2D eigenvalue weighted by atomic mass is 10.3. The third kappa shape index (κ3) is 2.65. The van der Waals surface area contributed by atoms with Gasteiger partial charge in [-0.05, 0) is 24.3 Å². The van der Waals surface area contributed by atoms with Crippen molar-refractivity contribution in [2.24, 2.45) is 0 Å². The lowest BCUT2D eigenvalue weighted by molar-refractivity contribution is 1.44. The van der Waals surface area contributed by atoms with Gasteiger partial charge in [-0.1, -0.05) is 41.7 Å². The summed E-state index contributed by atoms with van der Waals surface area (Å²) in [7, 11) is 0. The highest BCUT2D eigenvalue weighted by molar-refractivity contribution is 8.93. The SMILES string of the molecule is Br.c1ccc(Nc2nc3ccccc3s2)cc1. The van der Waals surface area contributed by atoms with Crippen molar-refractivity contribution in [2.75, 3.05) is 5.32 Å². The second-order valence-electron chi connectivity index (χ2n) is 3.48. The molecule has 0 atom stereocenters. The lowest BCUT2D eigenvalue weighted by Gasteiger charge is -1.99. The first kappa shape index (κ1) is 12.1. The number of halogens is 1. The average Bonchev–Trinajstić information content (AvgIpc) is 2.72. The van der Waals surface area contributed by atoms with Crippen molar-refractivity contribution in [3.05, 3.63) is 54.6 Å². The maximum absolute atomic E-state index is 4.52. The van der Waals surface area contributed by atoms with Crippen molar-refractivity contribution in [1.29, 1.82) is 0 Å². The van der Waals surface area contributed by atoms with Crippen molar-refractivity contribution in [3.8, 4) is 0 Å². The summed E-state index contributed by atoms with van der Waals surface area (Å²) >= 11 is 1.67. The van der Waals surface area contributed by atoms with E-state index in [1.807, 2.05) is 48.5 Å². The van der Waals surface area contributed by atoms with Gasteiger partial charge in [0.1, 0.15) is 0 Å². The predicted molar refractivity (Wildman–Crippen MR) is 79.7 cm³/mol. The maximum Gasteiger partial charge on any atom is 0.188 e. The fourth-order valence-corrected chi connectivity index (χ4v) is 2.46. The Morgan fingerprint density at radius 1 is 0.882 bits per heavy atom. The van der Waals surface area contributed by atoms with Crippen LogP contribution in [-0.4, -0.2) is 4.98 Å². The number of aromatic nitrogens is 1. The molecule has 0 saturated heterocycles. The van der Waals surface area contributed by atoms with Gasteiger partial charge in [-0.2, -0.15) is 0 Å². The van der Waals surface area contributed by atoms with E-state index in [0.29, 0.717) is 0 Å². The minimum absolute atomic E-state index is 0. The van der Waals surface area contributed by atoms with Gasteiger partial charge in [0, 0.05) is 5.69 Å². The van der Waals surface area contributed by atoms with E-state index in [-0.39, 0.29) is 17.0 Å². The number of nitrogens with zero attached hydrogens (tertiary/aromatic N) is 1. The molecular formula is C13H11BrN2S. The molecule has 0 bridgehead atoms.